The summed E-state index contributed by atoms with van der Waals surface area (Å²) in [6.45, 7) is 10.9. The van der Waals surface area contributed by atoms with Crippen LogP contribution in [0.3, 0.4) is 0 Å². The molecule has 28 heavy (non-hydrogen) atoms. The summed E-state index contributed by atoms with van der Waals surface area (Å²) in [4.78, 5) is 13.9. The van der Waals surface area contributed by atoms with E-state index in [-0.39, 0.29) is 22.7 Å². The maximum atomic E-state index is 11.7. The van der Waals surface area contributed by atoms with Gasteiger partial charge >= 0.3 is 5.97 Å². The summed E-state index contributed by atoms with van der Waals surface area (Å²) in [7, 11) is 1.46. The lowest BCUT2D eigenvalue weighted by molar-refractivity contribution is -0.146. The molecule has 0 amide bonds. The van der Waals surface area contributed by atoms with Crippen LogP contribution in [-0.2, 0) is 20.4 Å². The second-order valence-corrected chi connectivity index (χ2v) is 9.70. The monoisotopic (exact) mass is 377 g/mol. The Labute approximate surface area is 168 Å². The molecule has 0 unspecified atom stereocenters. The normalized spacial score (nSPS) is 20.2. The molecule has 4 rings (SSSR count). The highest BCUT2D eigenvalue weighted by molar-refractivity contribution is 5.77. The van der Waals surface area contributed by atoms with Crippen molar-refractivity contribution < 1.29 is 9.53 Å². The number of benzene rings is 2. The molecule has 1 fully saturated rings. The van der Waals surface area contributed by atoms with Gasteiger partial charge in [0, 0.05) is 18.8 Å². The molecule has 0 bridgehead atoms. The first-order chi connectivity index (χ1) is 13.2. The van der Waals surface area contributed by atoms with E-state index in [1.807, 2.05) is 0 Å². The molecule has 3 heteroatoms. The number of nitrogens with zero attached hydrogens (tertiary/aromatic N) is 1. The molecular formula is C25H31NO2. The number of anilines is 1. The zero-order chi connectivity index (χ0) is 20.1. The molecule has 0 atom stereocenters. The molecule has 1 aliphatic heterocycles. The van der Waals surface area contributed by atoms with Gasteiger partial charge in [-0.25, -0.2) is 0 Å². The first kappa shape index (κ1) is 19.0. The molecule has 3 nitrogen and oxygen atoms in total. The van der Waals surface area contributed by atoms with Gasteiger partial charge < -0.3 is 9.64 Å². The van der Waals surface area contributed by atoms with Crippen LogP contribution in [0.2, 0.25) is 0 Å². The van der Waals surface area contributed by atoms with Gasteiger partial charge in [-0.05, 0) is 58.1 Å². The van der Waals surface area contributed by atoms with E-state index in [1.165, 1.54) is 47.9 Å². The molecule has 2 aromatic carbocycles. The Bertz CT molecular complexity index is 907. The molecular weight excluding hydrogens is 346 g/mol. The van der Waals surface area contributed by atoms with Crippen molar-refractivity contribution in [2.75, 3.05) is 25.1 Å². The number of fused-ring (bicyclic) bond motifs is 1. The molecule has 2 aliphatic rings. The van der Waals surface area contributed by atoms with E-state index in [1.54, 1.807) is 0 Å². The number of hydrogen-bond donors (Lipinski definition) is 0. The lowest BCUT2D eigenvalue weighted by Crippen LogP contribution is -2.50. The zero-order valence-electron chi connectivity index (χ0n) is 17.7. The summed E-state index contributed by atoms with van der Waals surface area (Å²) in [5.41, 5.74) is 7.12. The van der Waals surface area contributed by atoms with Gasteiger partial charge in [0.2, 0.25) is 0 Å². The van der Waals surface area contributed by atoms with Gasteiger partial charge in [0.15, 0.2) is 0 Å². The van der Waals surface area contributed by atoms with Crippen LogP contribution in [0.25, 0.3) is 11.1 Å². The van der Waals surface area contributed by atoms with E-state index in [2.05, 4.69) is 75.1 Å². The maximum absolute atomic E-state index is 11.7. The fraction of sp³-hybridized carbons (Fsp3) is 0.480. The van der Waals surface area contributed by atoms with Gasteiger partial charge in [0.25, 0.3) is 0 Å². The third-order valence-electron chi connectivity index (χ3n) is 6.81. The van der Waals surface area contributed by atoms with E-state index in [0.717, 1.165) is 13.1 Å². The molecule has 148 valence electrons. The van der Waals surface area contributed by atoms with Crippen molar-refractivity contribution in [1.82, 2.24) is 0 Å². The lowest BCUT2D eigenvalue weighted by atomic mass is 9.63. The summed E-state index contributed by atoms with van der Waals surface area (Å²) in [5, 5.41) is 0. The van der Waals surface area contributed by atoms with Crippen molar-refractivity contribution >= 4 is 11.7 Å². The maximum Gasteiger partial charge on any atom is 0.312 e. The van der Waals surface area contributed by atoms with Crippen LogP contribution in [0.5, 0.6) is 0 Å². The first-order valence-corrected chi connectivity index (χ1v) is 10.3. The molecule has 1 saturated heterocycles. The predicted molar refractivity (Wildman–Crippen MR) is 115 cm³/mol. The molecule has 0 N–H and O–H groups in total. The van der Waals surface area contributed by atoms with Crippen molar-refractivity contribution in [1.29, 1.82) is 0 Å². The number of ether oxygens (including phenoxy) is 1. The molecule has 0 saturated carbocycles. The third kappa shape index (κ3) is 3.21. The minimum Gasteiger partial charge on any atom is -0.469 e. The van der Waals surface area contributed by atoms with Crippen molar-refractivity contribution in [2.24, 2.45) is 5.92 Å². The highest BCUT2D eigenvalue weighted by Crippen LogP contribution is 2.46. The lowest BCUT2D eigenvalue weighted by Gasteiger charge is -2.42. The second kappa shape index (κ2) is 6.65. The van der Waals surface area contributed by atoms with E-state index in [4.69, 9.17) is 4.74 Å². The summed E-state index contributed by atoms with van der Waals surface area (Å²) >= 11 is 0. The van der Waals surface area contributed by atoms with Crippen molar-refractivity contribution in [3.63, 3.8) is 0 Å². The van der Waals surface area contributed by atoms with Crippen LogP contribution in [0, 0.1) is 5.92 Å². The summed E-state index contributed by atoms with van der Waals surface area (Å²) in [6, 6.07) is 15.7. The number of hydrogen-bond acceptors (Lipinski definition) is 3. The molecule has 1 aliphatic carbocycles. The van der Waals surface area contributed by atoms with Crippen LogP contribution in [0.4, 0.5) is 5.69 Å². The topological polar surface area (TPSA) is 29.5 Å². The first-order valence-electron chi connectivity index (χ1n) is 10.3. The molecule has 0 radical (unpaired) electrons. The highest BCUT2D eigenvalue weighted by atomic mass is 16.5. The Hall–Kier alpha value is -2.29. The summed E-state index contributed by atoms with van der Waals surface area (Å²) in [5.74, 6) is -0.104. The van der Waals surface area contributed by atoms with Crippen molar-refractivity contribution in [3.8, 4) is 11.1 Å². The average Bonchev–Trinajstić information content (AvgIpc) is 2.64. The molecule has 0 aromatic heterocycles. The quantitative estimate of drug-likeness (QED) is 0.679. The average molecular weight is 378 g/mol. The standard InChI is InChI=1S/C25H31NO2/c1-24(2)11-12-25(3,4)22-14-18(9-10-21(22)24)17-7-6-8-20(13-17)26-15-19(16-26)23(27)28-5/h6-10,13-14,19H,11-12,15-16H2,1-5H3. The zero-order valence-corrected chi connectivity index (χ0v) is 17.7. The fourth-order valence-corrected chi connectivity index (χ4v) is 4.66. The molecule has 2 aromatic rings. The van der Waals surface area contributed by atoms with Gasteiger partial charge in [0.1, 0.15) is 0 Å². The number of rotatable bonds is 3. The van der Waals surface area contributed by atoms with E-state index in [9.17, 15) is 4.79 Å². The number of carbonyl (C=O) groups excluding carboxylic acids is 1. The number of esters is 1. The van der Waals surface area contributed by atoms with E-state index >= 15 is 0 Å². The molecule has 1 heterocycles. The van der Waals surface area contributed by atoms with Gasteiger partial charge in [-0.3, -0.25) is 4.79 Å². The van der Waals surface area contributed by atoms with Crippen LogP contribution >= 0.6 is 0 Å². The SMILES string of the molecule is COC(=O)C1CN(c2cccc(-c3ccc4c(c3)C(C)(C)CCC4(C)C)c2)C1. The Kier molecular flexibility index (Phi) is 4.52. The van der Waals surface area contributed by atoms with Crippen LogP contribution in [0.15, 0.2) is 42.5 Å². The number of carbonyl (C=O) groups is 1. The highest BCUT2D eigenvalue weighted by Gasteiger charge is 2.37. The largest absolute Gasteiger partial charge is 0.469 e. The summed E-state index contributed by atoms with van der Waals surface area (Å²) in [6.07, 6.45) is 2.46. The summed E-state index contributed by atoms with van der Waals surface area (Å²) < 4.78 is 4.85. The van der Waals surface area contributed by atoms with Crippen LogP contribution in [-0.4, -0.2) is 26.2 Å². The van der Waals surface area contributed by atoms with Gasteiger partial charge in [0.05, 0.1) is 13.0 Å². The van der Waals surface area contributed by atoms with Crippen LogP contribution in [0.1, 0.15) is 51.7 Å². The van der Waals surface area contributed by atoms with Crippen molar-refractivity contribution in [2.45, 2.75) is 51.4 Å². The Balaban J connectivity index is 1.63. The Morgan fingerprint density at radius 3 is 2.25 bits per heavy atom. The molecule has 0 spiro atoms. The van der Waals surface area contributed by atoms with Gasteiger partial charge in [-0.15, -0.1) is 0 Å². The fourth-order valence-electron chi connectivity index (χ4n) is 4.66. The number of methoxy groups -OCH3 is 1. The van der Waals surface area contributed by atoms with E-state index in [0.29, 0.717) is 0 Å². The minimum atomic E-state index is -0.105. The Morgan fingerprint density at radius 1 is 0.929 bits per heavy atom. The minimum absolute atomic E-state index is 0.000399. The van der Waals surface area contributed by atoms with Crippen LogP contribution < -0.4 is 4.90 Å². The van der Waals surface area contributed by atoms with Gasteiger partial charge in [-0.1, -0.05) is 58.0 Å². The third-order valence-corrected chi connectivity index (χ3v) is 6.81. The van der Waals surface area contributed by atoms with Gasteiger partial charge in [-0.2, -0.15) is 0 Å². The Morgan fingerprint density at radius 2 is 1.57 bits per heavy atom. The second-order valence-electron chi connectivity index (χ2n) is 9.70. The van der Waals surface area contributed by atoms with Crippen molar-refractivity contribution in [3.05, 3.63) is 53.6 Å². The predicted octanol–water partition coefficient (Wildman–Crippen LogP) is 5.31. The smallest absolute Gasteiger partial charge is 0.312 e. The van der Waals surface area contributed by atoms with E-state index < -0.39 is 0 Å².